The average molecular weight is 256 g/mol. The van der Waals surface area contributed by atoms with Crippen LogP contribution >= 0.6 is 0 Å². The third-order valence-corrected chi connectivity index (χ3v) is 3.32. The molecule has 0 atom stereocenters. The van der Waals surface area contributed by atoms with Crippen LogP contribution in [0.5, 0.6) is 0 Å². The molecule has 1 heterocycles. The van der Waals surface area contributed by atoms with Crippen LogP contribution in [0, 0.1) is 0 Å². The molecule has 1 aliphatic rings. The van der Waals surface area contributed by atoms with Gasteiger partial charge in [0.25, 0.3) is 0 Å². The molecule has 4 heteroatoms. The predicted molar refractivity (Wildman–Crippen MR) is 73.6 cm³/mol. The molecule has 0 spiro atoms. The summed E-state index contributed by atoms with van der Waals surface area (Å²) in [6.45, 7) is 9.71. The van der Waals surface area contributed by atoms with Crippen LogP contribution in [0.15, 0.2) is 0 Å². The zero-order chi connectivity index (χ0) is 13.4. The molecule has 1 saturated heterocycles. The minimum atomic E-state index is 0.301. The number of hydrogen-bond acceptors (Lipinski definition) is 3. The smallest absolute Gasteiger partial charge is 0.222 e. The highest BCUT2D eigenvalue weighted by atomic mass is 16.5. The van der Waals surface area contributed by atoms with E-state index in [2.05, 4.69) is 19.2 Å². The van der Waals surface area contributed by atoms with Gasteiger partial charge in [0.05, 0.1) is 6.10 Å². The molecule has 0 bridgehead atoms. The maximum absolute atomic E-state index is 12.0. The molecule has 0 radical (unpaired) electrons. The number of carbonyl (C=O) groups is 1. The zero-order valence-electron chi connectivity index (χ0n) is 12.1. The number of amides is 1. The van der Waals surface area contributed by atoms with E-state index in [1.165, 1.54) is 0 Å². The molecule has 0 aliphatic carbocycles. The molecular weight excluding hydrogens is 228 g/mol. The Morgan fingerprint density at radius 3 is 2.61 bits per heavy atom. The Morgan fingerprint density at radius 2 is 2.06 bits per heavy atom. The predicted octanol–water partition coefficient (Wildman–Crippen LogP) is 1.79. The van der Waals surface area contributed by atoms with Gasteiger partial charge in [0.15, 0.2) is 0 Å². The Balaban J connectivity index is 2.12. The molecule has 0 aromatic carbocycles. The number of ether oxygens (including phenoxy) is 1. The molecule has 1 amide bonds. The highest BCUT2D eigenvalue weighted by molar-refractivity contribution is 5.76. The Kier molecular flexibility index (Phi) is 7.28. The van der Waals surface area contributed by atoms with E-state index in [0.29, 0.717) is 24.5 Å². The standard InChI is InChI=1S/C14H28N2O2/c1-4-18-13-7-10-16(11-8-13)14(17)6-5-9-15-12(2)3/h12-13,15H,4-11H2,1-3H3. The second-order valence-corrected chi connectivity index (χ2v) is 5.25. The molecule has 1 N–H and O–H groups in total. The Morgan fingerprint density at radius 1 is 1.39 bits per heavy atom. The van der Waals surface area contributed by atoms with Crippen molar-refractivity contribution >= 4 is 5.91 Å². The van der Waals surface area contributed by atoms with Gasteiger partial charge in [-0.3, -0.25) is 4.79 Å². The first-order valence-corrected chi connectivity index (χ1v) is 7.26. The van der Waals surface area contributed by atoms with Crippen LogP contribution in [0.1, 0.15) is 46.5 Å². The van der Waals surface area contributed by atoms with Crippen LogP contribution < -0.4 is 5.32 Å². The summed E-state index contributed by atoms with van der Waals surface area (Å²) in [5, 5.41) is 3.34. The summed E-state index contributed by atoms with van der Waals surface area (Å²) in [5.74, 6) is 0.301. The van der Waals surface area contributed by atoms with E-state index in [-0.39, 0.29) is 0 Å². The molecular formula is C14H28N2O2. The second-order valence-electron chi connectivity index (χ2n) is 5.25. The Bertz CT molecular complexity index is 236. The van der Waals surface area contributed by atoms with Gasteiger partial charge in [-0.15, -0.1) is 0 Å². The van der Waals surface area contributed by atoms with Gasteiger partial charge in [0.2, 0.25) is 5.91 Å². The van der Waals surface area contributed by atoms with Gasteiger partial charge in [0.1, 0.15) is 0 Å². The van der Waals surface area contributed by atoms with Gasteiger partial charge in [-0.05, 0) is 32.7 Å². The van der Waals surface area contributed by atoms with Crippen molar-refractivity contribution < 1.29 is 9.53 Å². The van der Waals surface area contributed by atoms with Crippen LogP contribution in [0.25, 0.3) is 0 Å². The molecule has 4 nitrogen and oxygen atoms in total. The third-order valence-electron chi connectivity index (χ3n) is 3.32. The van der Waals surface area contributed by atoms with Gasteiger partial charge < -0.3 is 15.0 Å². The quantitative estimate of drug-likeness (QED) is 0.706. The van der Waals surface area contributed by atoms with Crippen molar-refractivity contribution in [1.29, 1.82) is 0 Å². The van der Waals surface area contributed by atoms with E-state index < -0.39 is 0 Å². The van der Waals surface area contributed by atoms with Crippen molar-refractivity contribution in [2.24, 2.45) is 0 Å². The lowest BCUT2D eigenvalue weighted by atomic mass is 10.1. The van der Waals surface area contributed by atoms with Crippen LogP contribution in [-0.2, 0) is 9.53 Å². The number of nitrogens with one attached hydrogen (secondary N) is 1. The lowest BCUT2D eigenvalue weighted by Gasteiger charge is -2.31. The number of piperidine rings is 1. The number of nitrogens with zero attached hydrogens (tertiary/aromatic N) is 1. The maximum atomic E-state index is 12.0. The van der Waals surface area contributed by atoms with E-state index in [1.54, 1.807) is 0 Å². The summed E-state index contributed by atoms with van der Waals surface area (Å²) in [5.41, 5.74) is 0. The highest BCUT2D eigenvalue weighted by Crippen LogP contribution is 2.14. The number of hydrogen-bond donors (Lipinski definition) is 1. The van der Waals surface area contributed by atoms with Crippen molar-refractivity contribution in [1.82, 2.24) is 10.2 Å². The summed E-state index contributed by atoms with van der Waals surface area (Å²) in [6.07, 6.45) is 3.94. The van der Waals surface area contributed by atoms with Gasteiger partial charge in [-0.1, -0.05) is 13.8 Å². The topological polar surface area (TPSA) is 41.6 Å². The SMILES string of the molecule is CCOC1CCN(C(=O)CCCNC(C)C)CC1. The average Bonchev–Trinajstić information content (AvgIpc) is 2.35. The molecule has 1 rings (SSSR count). The Hall–Kier alpha value is -0.610. The molecule has 0 aromatic rings. The van der Waals surface area contributed by atoms with E-state index in [1.807, 2.05) is 11.8 Å². The fourth-order valence-electron chi connectivity index (χ4n) is 2.30. The molecule has 1 fully saturated rings. The number of rotatable bonds is 7. The summed E-state index contributed by atoms with van der Waals surface area (Å²) in [7, 11) is 0. The normalized spacial score (nSPS) is 17.4. The van der Waals surface area contributed by atoms with Gasteiger partial charge in [-0.2, -0.15) is 0 Å². The van der Waals surface area contributed by atoms with Crippen molar-refractivity contribution in [2.45, 2.75) is 58.6 Å². The van der Waals surface area contributed by atoms with Crippen molar-refractivity contribution in [3.63, 3.8) is 0 Å². The number of carbonyl (C=O) groups excluding carboxylic acids is 1. The van der Waals surface area contributed by atoms with Crippen LogP contribution in [0.2, 0.25) is 0 Å². The van der Waals surface area contributed by atoms with Crippen molar-refractivity contribution in [3.05, 3.63) is 0 Å². The fourth-order valence-corrected chi connectivity index (χ4v) is 2.30. The largest absolute Gasteiger partial charge is 0.378 e. The summed E-state index contributed by atoms with van der Waals surface area (Å²) >= 11 is 0. The number of likely N-dealkylation sites (tertiary alicyclic amines) is 1. The van der Waals surface area contributed by atoms with E-state index >= 15 is 0 Å². The summed E-state index contributed by atoms with van der Waals surface area (Å²) in [4.78, 5) is 14.0. The van der Waals surface area contributed by atoms with Gasteiger partial charge in [0, 0.05) is 32.2 Å². The molecule has 1 aliphatic heterocycles. The molecule has 0 saturated carbocycles. The first kappa shape index (κ1) is 15.4. The van der Waals surface area contributed by atoms with Crippen LogP contribution in [0.4, 0.5) is 0 Å². The van der Waals surface area contributed by atoms with Gasteiger partial charge >= 0.3 is 0 Å². The van der Waals surface area contributed by atoms with E-state index in [4.69, 9.17) is 4.74 Å². The van der Waals surface area contributed by atoms with Crippen molar-refractivity contribution in [3.8, 4) is 0 Å². The lowest BCUT2D eigenvalue weighted by molar-refractivity contribution is -0.133. The van der Waals surface area contributed by atoms with Crippen molar-refractivity contribution in [2.75, 3.05) is 26.2 Å². The second kappa shape index (κ2) is 8.48. The lowest BCUT2D eigenvalue weighted by Crippen LogP contribution is -2.41. The molecule has 106 valence electrons. The molecule has 18 heavy (non-hydrogen) atoms. The van der Waals surface area contributed by atoms with Crippen LogP contribution in [-0.4, -0.2) is 49.2 Å². The molecule has 0 aromatic heterocycles. The minimum absolute atomic E-state index is 0.301. The highest BCUT2D eigenvalue weighted by Gasteiger charge is 2.22. The summed E-state index contributed by atoms with van der Waals surface area (Å²) in [6, 6.07) is 0.502. The summed E-state index contributed by atoms with van der Waals surface area (Å²) < 4.78 is 5.59. The zero-order valence-corrected chi connectivity index (χ0v) is 12.1. The minimum Gasteiger partial charge on any atom is -0.378 e. The Labute approximate surface area is 111 Å². The first-order valence-electron chi connectivity index (χ1n) is 7.26. The third kappa shape index (κ3) is 5.83. The fraction of sp³-hybridized carbons (Fsp3) is 0.929. The first-order chi connectivity index (χ1) is 8.63. The van der Waals surface area contributed by atoms with E-state index in [0.717, 1.165) is 45.5 Å². The van der Waals surface area contributed by atoms with Crippen LogP contribution in [0.3, 0.4) is 0 Å². The van der Waals surface area contributed by atoms with E-state index in [9.17, 15) is 4.79 Å². The van der Waals surface area contributed by atoms with Gasteiger partial charge in [-0.25, -0.2) is 0 Å². The maximum Gasteiger partial charge on any atom is 0.222 e. The monoisotopic (exact) mass is 256 g/mol. The molecule has 0 unspecified atom stereocenters.